The molecule has 0 aromatic carbocycles. The van der Waals surface area contributed by atoms with E-state index in [-0.39, 0.29) is 30.8 Å². The van der Waals surface area contributed by atoms with Gasteiger partial charge >= 0.3 is 0 Å². The fourth-order valence-corrected chi connectivity index (χ4v) is 5.34. The SMILES string of the molecule is CCCCCCNc1nc(SCCC)nc2c1nnn2[C@@H]1C[C@H](CO)[C@H]2OC(C)(C)O[C@H]21. The molecule has 1 saturated heterocycles. The van der Waals surface area contributed by atoms with Crippen LogP contribution in [0.1, 0.15) is 72.3 Å². The Labute approximate surface area is 194 Å². The Morgan fingerprint density at radius 2 is 1.94 bits per heavy atom. The van der Waals surface area contributed by atoms with E-state index in [2.05, 4.69) is 29.5 Å². The third kappa shape index (κ3) is 4.88. The van der Waals surface area contributed by atoms with Crippen LogP contribution in [0.25, 0.3) is 11.2 Å². The van der Waals surface area contributed by atoms with Crippen LogP contribution in [0.3, 0.4) is 0 Å². The summed E-state index contributed by atoms with van der Waals surface area (Å²) in [7, 11) is 0. The molecule has 2 aromatic rings. The highest BCUT2D eigenvalue weighted by Gasteiger charge is 2.55. The number of fused-ring (bicyclic) bond motifs is 2. The summed E-state index contributed by atoms with van der Waals surface area (Å²) in [6.07, 6.45) is 6.15. The van der Waals surface area contributed by atoms with Gasteiger partial charge in [-0.25, -0.2) is 14.6 Å². The van der Waals surface area contributed by atoms with E-state index in [9.17, 15) is 5.11 Å². The molecule has 2 N–H and O–H groups in total. The number of hydrogen-bond donors (Lipinski definition) is 2. The van der Waals surface area contributed by atoms with Crippen molar-refractivity contribution in [1.82, 2.24) is 25.0 Å². The number of aliphatic hydroxyl groups excluding tert-OH is 1. The van der Waals surface area contributed by atoms with Crippen molar-refractivity contribution in [3.63, 3.8) is 0 Å². The van der Waals surface area contributed by atoms with Crippen LogP contribution < -0.4 is 5.32 Å². The first-order valence-corrected chi connectivity index (χ1v) is 12.9. The molecule has 4 rings (SSSR count). The molecule has 3 heterocycles. The minimum absolute atomic E-state index is 0.00189. The Balaban J connectivity index is 1.64. The van der Waals surface area contributed by atoms with Crippen LogP contribution in [0, 0.1) is 5.92 Å². The molecule has 2 fully saturated rings. The van der Waals surface area contributed by atoms with Crippen molar-refractivity contribution in [3.8, 4) is 0 Å². The quantitative estimate of drug-likeness (QED) is 0.292. The average molecular weight is 465 g/mol. The molecule has 1 saturated carbocycles. The highest BCUT2D eigenvalue weighted by molar-refractivity contribution is 7.99. The molecule has 2 aromatic heterocycles. The van der Waals surface area contributed by atoms with E-state index in [1.165, 1.54) is 19.3 Å². The number of aliphatic hydroxyl groups is 1. The summed E-state index contributed by atoms with van der Waals surface area (Å²) in [5.74, 6) is 1.01. The smallest absolute Gasteiger partial charge is 0.191 e. The molecule has 0 bridgehead atoms. The summed E-state index contributed by atoms with van der Waals surface area (Å²) in [4.78, 5) is 9.57. The summed E-state index contributed by atoms with van der Waals surface area (Å²) >= 11 is 1.65. The highest BCUT2D eigenvalue weighted by Crippen LogP contribution is 2.47. The van der Waals surface area contributed by atoms with Gasteiger partial charge in [0, 0.05) is 24.8 Å². The van der Waals surface area contributed by atoms with Crippen molar-refractivity contribution in [2.45, 2.75) is 95.4 Å². The Morgan fingerprint density at radius 1 is 1.12 bits per heavy atom. The Bertz CT molecular complexity index is 907. The number of hydrogen-bond acceptors (Lipinski definition) is 9. The van der Waals surface area contributed by atoms with Crippen molar-refractivity contribution in [1.29, 1.82) is 0 Å². The van der Waals surface area contributed by atoms with E-state index < -0.39 is 5.79 Å². The van der Waals surface area contributed by atoms with Gasteiger partial charge in [0.25, 0.3) is 0 Å². The minimum atomic E-state index is -0.680. The number of nitrogens with zero attached hydrogens (tertiary/aromatic N) is 5. The summed E-state index contributed by atoms with van der Waals surface area (Å²) in [6.45, 7) is 9.10. The van der Waals surface area contributed by atoms with Crippen molar-refractivity contribution in [2.75, 3.05) is 24.2 Å². The van der Waals surface area contributed by atoms with Gasteiger partial charge in [0.05, 0.1) is 12.1 Å². The average Bonchev–Trinajstić information content (AvgIpc) is 3.42. The monoisotopic (exact) mass is 464 g/mol. The first-order valence-electron chi connectivity index (χ1n) is 11.9. The number of anilines is 1. The molecule has 4 atom stereocenters. The van der Waals surface area contributed by atoms with Gasteiger partial charge < -0.3 is 19.9 Å². The van der Waals surface area contributed by atoms with Crippen LogP contribution in [-0.4, -0.2) is 67.0 Å². The van der Waals surface area contributed by atoms with Gasteiger partial charge in [-0.05, 0) is 33.1 Å². The van der Waals surface area contributed by atoms with Gasteiger partial charge in [0.15, 0.2) is 27.9 Å². The molecule has 178 valence electrons. The van der Waals surface area contributed by atoms with Crippen LogP contribution >= 0.6 is 11.8 Å². The van der Waals surface area contributed by atoms with E-state index >= 15 is 0 Å². The van der Waals surface area contributed by atoms with Crippen molar-refractivity contribution in [3.05, 3.63) is 0 Å². The second-order valence-corrected chi connectivity index (χ2v) is 10.3. The number of ether oxygens (including phenoxy) is 2. The molecule has 10 heteroatoms. The molecule has 0 amide bonds. The van der Waals surface area contributed by atoms with E-state index in [4.69, 9.17) is 19.4 Å². The lowest BCUT2D eigenvalue weighted by atomic mass is 10.1. The zero-order valence-electron chi connectivity index (χ0n) is 19.6. The fourth-order valence-electron chi connectivity index (χ4n) is 4.65. The maximum Gasteiger partial charge on any atom is 0.191 e. The van der Waals surface area contributed by atoms with Gasteiger partial charge in [0.2, 0.25) is 0 Å². The van der Waals surface area contributed by atoms with Gasteiger partial charge in [-0.15, -0.1) is 5.10 Å². The number of aromatic nitrogens is 5. The maximum absolute atomic E-state index is 9.94. The molecule has 2 aliphatic rings. The predicted octanol–water partition coefficient (Wildman–Crippen LogP) is 3.79. The summed E-state index contributed by atoms with van der Waals surface area (Å²) in [5, 5.41) is 23.1. The van der Waals surface area contributed by atoms with Crippen LogP contribution in [0.4, 0.5) is 5.82 Å². The number of nitrogens with one attached hydrogen (secondary N) is 1. The van der Waals surface area contributed by atoms with Gasteiger partial charge in [-0.2, -0.15) is 0 Å². The molecule has 0 unspecified atom stereocenters. The number of unbranched alkanes of at least 4 members (excludes halogenated alkanes) is 3. The van der Waals surface area contributed by atoms with E-state index in [0.29, 0.717) is 17.6 Å². The van der Waals surface area contributed by atoms with E-state index in [0.717, 1.165) is 36.1 Å². The first-order chi connectivity index (χ1) is 15.5. The zero-order valence-corrected chi connectivity index (χ0v) is 20.4. The minimum Gasteiger partial charge on any atom is -0.396 e. The molecule has 0 spiro atoms. The van der Waals surface area contributed by atoms with Crippen molar-refractivity contribution < 1.29 is 14.6 Å². The van der Waals surface area contributed by atoms with Crippen molar-refractivity contribution in [2.24, 2.45) is 5.92 Å². The van der Waals surface area contributed by atoms with Crippen LogP contribution in [0.5, 0.6) is 0 Å². The lowest BCUT2D eigenvalue weighted by Gasteiger charge is -2.23. The summed E-state index contributed by atoms with van der Waals surface area (Å²) in [6, 6.07) is -0.0970. The lowest BCUT2D eigenvalue weighted by molar-refractivity contribution is -0.162. The van der Waals surface area contributed by atoms with Gasteiger partial charge in [-0.3, -0.25) is 0 Å². The van der Waals surface area contributed by atoms with Crippen LogP contribution in [0.15, 0.2) is 5.16 Å². The molecular weight excluding hydrogens is 428 g/mol. The maximum atomic E-state index is 9.94. The van der Waals surface area contributed by atoms with E-state index in [1.54, 1.807) is 11.8 Å². The van der Waals surface area contributed by atoms with Crippen LogP contribution in [-0.2, 0) is 9.47 Å². The Morgan fingerprint density at radius 3 is 2.69 bits per heavy atom. The molecule has 32 heavy (non-hydrogen) atoms. The van der Waals surface area contributed by atoms with Gasteiger partial charge in [0.1, 0.15) is 6.10 Å². The topological polar surface area (TPSA) is 107 Å². The Hall–Kier alpha value is -1.49. The first kappa shape index (κ1) is 23.7. The predicted molar refractivity (Wildman–Crippen MR) is 125 cm³/mol. The third-order valence-corrected chi connectivity index (χ3v) is 7.21. The van der Waals surface area contributed by atoms with Crippen LogP contribution in [0.2, 0.25) is 0 Å². The third-order valence-electron chi connectivity index (χ3n) is 6.16. The lowest BCUT2D eigenvalue weighted by Crippen LogP contribution is -2.28. The second kappa shape index (κ2) is 10.2. The molecule has 0 radical (unpaired) electrons. The fraction of sp³-hybridized carbons (Fsp3) is 0.818. The molecule has 9 nitrogen and oxygen atoms in total. The highest BCUT2D eigenvalue weighted by atomic mass is 32.2. The number of thioether (sulfide) groups is 1. The largest absolute Gasteiger partial charge is 0.396 e. The zero-order chi connectivity index (χ0) is 22.7. The standard InChI is InChI=1S/C22H36N6O3S/c1-5-7-8-9-10-23-19-16-20(25-21(24-19)32-11-6-2)28(27-26-16)15-12-14(13-29)17-18(15)31-22(3,4)30-17/h14-15,17-18,29H,5-13H2,1-4H3,(H,23,24,25)/t14-,15-,17-,18+/m1/s1. The van der Waals surface area contributed by atoms with Crippen molar-refractivity contribution >= 4 is 28.7 Å². The molecule has 1 aliphatic heterocycles. The Kier molecular flexibility index (Phi) is 7.54. The van der Waals surface area contributed by atoms with Gasteiger partial charge in [-0.1, -0.05) is 50.1 Å². The second-order valence-electron chi connectivity index (χ2n) is 9.21. The van der Waals surface area contributed by atoms with E-state index in [1.807, 2.05) is 18.5 Å². The summed E-state index contributed by atoms with van der Waals surface area (Å²) < 4.78 is 14.2. The summed E-state index contributed by atoms with van der Waals surface area (Å²) in [5.41, 5.74) is 1.40. The number of rotatable bonds is 11. The molecule has 1 aliphatic carbocycles. The normalized spacial score (nSPS) is 26.7. The molecular formula is C22H36N6O3S.